The van der Waals surface area contributed by atoms with Crippen LogP contribution in [0.4, 0.5) is 10.1 Å². The predicted octanol–water partition coefficient (Wildman–Crippen LogP) is 7.18. The summed E-state index contributed by atoms with van der Waals surface area (Å²) in [6.07, 6.45) is 10.4. The maximum atomic E-state index is 14.8. The van der Waals surface area contributed by atoms with Crippen molar-refractivity contribution >= 4 is 16.6 Å². The number of fused-ring (bicyclic) bond motifs is 2. The molecule has 3 heterocycles. The molecule has 0 saturated heterocycles. The molecular formula is C31H31FN4O. The van der Waals surface area contributed by atoms with Gasteiger partial charge in [-0.25, -0.2) is 4.39 Å². The lowest BCUT2D eigenvalue weighted by Gasteiger charge is -2.34. The number of nitrogens with zero attached hydrogens (tertiary/aromatic N) is 4. The molecule has 2 aromatic carbocycles. The summed E-state index contributed by atoms with van der Waals surface area (Å²) in [5.41, 5.74) is 5.68. The van der Waals surface area contributed by atoms with E-state index in [0.29, 0.717) is 12.2 Å². The van der Waals surface area contributed by atoms with E-state index < -0.39 is 5.82 Å². The molecule has 1 aliphatic heterocycles. The van der Waals surface area contributed by atoms with Gasteiger partial charge in [-0.05, 0) is 54.2 Å². The molecule has 0 bridgehead atoms. The fourth-order valence-corrected chi connectivity index (χ4v) is 6.05. The van der Waals surface area contributed by atoms with Crippen LogP contribution in [0.1, 0.15) is 44.6 Å². The summed E-state index contributed by atoms with van der Waals surface area (Å²) in [6, 6.07) is 15.0. The minimum atomic E-state index is -0.521. The van der Waals surface area contributed by atoms with Crippen LogP contribution in [0.5, 0.6) is 5.75 Å². The first-order valence-corrected chi connectivity index (χ1v) is 13.1. The fraction of sp³-hybridized carbons (Fsp3) is 0.355. The van der Waals surface area contributed by atoms with Crippen molar-refractivity contribution < 1.29 is 9.13 Å². The zero-order valence-electron chi connectivity index (χ0n) is 21.4. The normalized spacial score (nSPS) is 16.8. The van der Waals surface area contributed by atoms with Gasteiger partial charge in [0.15, 0.2) is 0 Å². The van der Waals surface area contributed by atoms with E-state index in [-0.39, 0.29) is 11.0 Å². The standard InChI is InChI=1S/C31H31FN4O/c1-31(11-4-3-5-12-31)20-36-13-10-24-27(36)19-34-30(29(24)21-6-7-23(18-33)25(32)16-21)22-8-9-26-28(17-22)37-15-14-35(26)2/h6-10,13,16-17,19H,3-5,11-12,14-15,20H2,1-2H3. The number of hydrogen-bond acceptors (Lipinski definition) is 4. The van der Waals surface area contributed by atoms with Crippen LogP contribution >= 0.6 is 0 Å². The molecule has 0 unspecified atom stereocenters. The third kappa shape index (κ3) is 4.23. The number of ether oxygens (including phenoxy) is 1. The molecule has 0 radical (unpaired) electrons. The van der Waals surface area contributed by atoms with Gasteiger partial charge in [0, 0.05) is 36.3 Å². The zero-order chi connectivity index (χ0) is 25.6. The molecule has 2 aliphatic rings. The number of rotatable bonds is 4. The number of hydrogen-bond donors (Lipinski definition) is 0. The number of nitriles is 1. The van der Waals surface area contributed by atoms with Crippen LogP contribution < -0.4 is 9.64 Å². The summed E-state index contributed by atoms with van der Waals surface area (Å²) in [7, 11) is 2.06. The lowest BCUT2D eigenvalue weighted by Crippen LogP contribution is -2.28. The van der Waals surface area contributed by atoms with Crippen LogP contribution in [-0.4, -0.2) is 29.8 Å². The van der Waals surface area contributed by atoms with Crippen molar-refractivity contribution in [1.82, 2.24) is 9.55 Å². The largest absolute Gasteiger partial charge is 0.490 e. The van der Waals surface area contributed by atoms with E-state index in [4.69, 9.17) is 9.72 Å². The van der Waals surface area contributed by atoms with Gasteiger partial charge in [-0.3, -0.25) is 4.98 Å². The van der Waals surface area contributed by atoms with Crippen molar-refractivity contribution in [3.63, 3.8) is 0 Å². The van der Waals surface area contributed by atoms with E-state index in [9.17, 15) is 9.65 Å². The number of pyridine rings is 1. The SMILES string of the molecule is CN1CCOc2cc(-c3ncc4c(ccn4CC4(C)CCCCC4)c3-c3ccc(C#N)c(F)c3)ccc21. The van der Waals surface area contributed by atoms with E-state index in [2.05, 4.69) is 47.8 Å². The summed E-state index contributed by atoms with van der Waals surface area (Å²) in [5.74, 6) is 0.306. The Morgan fingerprint density at radius 3 is 2.68 bits per heavy atom. The van der Waals surface area contributed by atoms with Crippen LogP contribution in [0, 0.1) is 22.6 Å². The second-order valence-corrected chi connectivity index (χ2v) is 10.9. The topological polar surface area (TPSA) is 54.1 Å². The van der Waals surface area contributed by atoms with Crippen molar-refractivity contribution in [3.8, 4) is 34.2 Å². The fourth-order valence-electron chi connectivity index (χ4n) is 6.05. The Morgan fingerprint density at radius 1 is 1.08 bits per heavy atom. The Balaban J connectivity index is 1.52. The van der Waals surface area contributed by atoms with Gasteiger partial charge < -0.3 is 14.2 Å². The molecular weight excluding hydrogens is 463 g/mol. The first-order valence-electron chi connectivity index (χ1n) is 13.1. The number of likely N-dealkylation sites (N-methyl/N-ethyl adjacent to an activating group) is 1. The molecule has 188 valence electrons. The summed E-state index contributed by atoms with van der Waals surface area (Å²) < 4.78 is 23.1. The quantitative estimate of drug-likeness (QED) is 0.302. The van der Waals surface area contributed by atoms with E-state index in [1.165, 1.54) is 38.2 Å². The minimum Gasteiger partial charge on any atom is -0.490 e. The molecule has 1 fully saturated rings. The Bertz CT molecular complexity index is 1530. The molecule has 4 aromatic rings. The predicted molar refractivity (Wildman–Crippen MR) is 145 cm³/mol. The average molecular weight is 495 g/mol. The van der Waals surface area contributed by atoms with Crippen molar-refractivity contribution in [3.05, 3.63) is 66.2 Å². The summed E-state index contributed by atoms with van der Waals surface area (Å²) in [5, 5.41) is 10.3. The molecule has 1 aliphatic carbocycles. The molecule has 0 spiro atoms. The smallest absolute Gasteiger partial charge is 0.143 e. The first kappa shape index (κ1) is 23.5. The zero-order valence-corrected chi connectivity index (χ0v) is 21.4. The second-order valence-electron chi connectivity index (χ2n) is 10.9. The summed E-state index contributed by atoms with van der Waals surface area (Å²) in [4.78, 5) is 7.15. The van der Waals surface area contributed by atoms with E-state index in [1.807, 2.05) is 24.4 Å². The molecule has 6 heteroatoms. The highest BCUT2D eigenvalue weighted by atomic mass is 19.1. The van der Waals surface area contributed by atoms with Gasteiger partial charge in [0.2, 0.25) is 0 Å². The lowest BCUT2D eigenvalue weighted by molar-refractivity contribution is 0.185. The van der Waals surface area contributed by atoms with Crippen LogP contribution in [0.2, 0.25) is 0 Å². The maximum absolute atomic E-state index is 14.8. The van der Waals surface area contributed by atoms with Gasteiger partial charge >= 0.3 is 0 Å². The second kappa shape index (κ2) is 9.23. The maximum Gasteiger partial charge on any atom is 0.143 e. The van der Waals surface area contributed by atoms with Crippen molar-refractivity contribution in [2.75, 3.05) is 25.1 Å². The summed E-state index contributed by atoms with van der Waals surface area (Å²) >= 11 is 0. The minimum absolute atomic E-state index is 0.0402. The van der Waals surface area contributed by atoms with E-state index >= 15 is 0 Å². The van der Waals surface area contributed by atoms with Crippen LogP contribution in [0.25, 0.3) is 33.3 Å². The monoisotopic (exact) mass is 494 g/mol. The van der Waals surface area contributed by atoms with Crippen LogP contribution in [0.15, 0.2) is 54.9 Å². The Kier molecular flexibility index (Phi) is 5.87. The lowest BCUT2D eigenvalue weighted by atomic mass is 9.75. The highest BCUT2D eigenvalue weighted by Crippen LogP contribution is 2.42. The van der Waals surface area contributed by atoms with Gasteiger partial charge in [-0.1, -0.05) is 38.3 Å². The Morgan fingerprint density at radius 2 is 1.89 bits per heavy atom. The molecule has 5 nitrogen and oxygen atoms in total. The number of halogens is 1. The number of anilines is 1. The van der Waals surface area contributed by atoms with Crippen molar-refractivity contribution in [2.24, 2.45) is 5.41 Å². The van der Waals surface area contributed by atoms with E-state index in [1.54, 1.807) is 6.07 Å². The van der Waals surface area contributed by atoms with Gasteiger partial charge in [-0.2, -0.15) is 5.26 Å². The molecule has 1 saturated carbocycles. The summed E-state index contributed by atoms with van der Waals surface area (Å²) in [6.45, 7) is 4.81. The molecule has 6 rings (SSSR count). The average Bonchev–Trinajstić information content (AvgIpc) is 3.30. The van der Waals surface area contributed by atoms with Gasteiger partial charge in [-0.15, -0.1) is 0 Å². The molecule has 2 aromatic heterocycles. The van der Waals surface area contributed by atoms with Gasteiger partial charge in [0.1, 0.15) is 24.2 Å². The molecule has 37 heavy (non-hydrogen) atoms. The third-order valence-corrected chi connectivity index (χ3v) is 8.15. The highest BCUT2D eigenvalue weighted by Gasteiger charge is 2.28. The molecule has 0 amide bonds. The highest BCUT2D eigenvalue weighted by molar-refractivity contribution is 6.02. The number of benzene rings is 2. The Labute approximate surface area is 217 Å². The van der Waals surface area contributed by atoms with Crippen molar-refractivity contribution in [2.45, 2.75) is 45.6 Å². The van der Waals surface area contributed by atoms with Gasteiger partial charge in [0.05, 0.1) is 35.2 Å². The van der Waals surface area contributed by atoms with Crippen LogP contribution in [0.3, 0.4) is 0 Å². The van der Waals surface area contributed by atoms with Gasteiger partial charge in [0.25, 0.3) is 0 Å². The molecule has 0 N–H and O–H groups in total. The third-order valence-electron chi connectivity index (χ3n) is 8.15. The number of aromatic nitrogens is 2. The van der Waals surface area contributed by atoms with Crippen molar-refractivity contribution in [1.29, 1.82) is 5.26 Å². The van der Waals surface area contributed by atoms with Crippen LogP contribution in [-0.2, 0) is 6.54 Å². The Hall–Kier alpha value is -3.85. The molecule has 0 atom stereocenters. The first-order chi connectivity index (χ1) is 18.0. The van der Waals surface area contributed by atoms with E-state index in [0.717, 1.165) is 52.3 Å².